The van der Waals surface area contributed by atoms with Gasteiger partial charge in [0.2, 0.25) is 0 Å². The first-order chi connectivity index (χ1) is 7.24. The van der Waals surface area contributed by atoms with Gasteiger partial charge in [-0.25, -0.2) is 4.68 Å². The highest BCUT2D eigenvalue weighted by Gasteiger charge is 2.10. The lowest BCUT2D eigenvalue weighted by atomic mass is 10.3. The number of carbonyl (C=O) groups is 1. The van der Waals surface area contributed by atoms with E-state index in [-0.39, 0.29) is 5.15 Å². The Kier molecular flexibility index (Phi) is 2.75. The number of para-hydroxylation sites is 1. The van der Waals surface area contributed by atoms with Crippen LogP contribution in [0.5, 0.6) is 0 Å². The topological polar surface area (TPSA) is 34.9 Å². The monoisotopic (exact) mass is 240 g/mol. The Hall–Kier alpha value is -1.32. The lowest BCUT2D eigenvalue weighted by molar-refractivity contribution is 0.112. The second-order valence-corrected chi connectivity index (χ2v) is 3.64. The van der Waals surface area contributed by atoms with E-state index in [2.05, 4.69) is 5.10 Å². The number of hydrogen-bond donors (Lipinski definition) is 0. The molecule has 0 aliphatic heterocycles. The molecule has 5 heteroatoms. The van der Waals surface area contributed by atoms with Crippen molar-refractivity contribution in [3.05, 3.63) is 46.2 Å². The Balaban J connectivity index is 2.59. The van der Waals surface area contributed by atoms with Crippen LogP contribution in [0.25, 0.3) is 5.69 Å². The first-order valence-electron chi connectivity index (χ1n) is 4.17. The van der Waals surface area contributed by atoms with E-state index < -0.39 is 0 Å². The first kappa shape index (κ1) is 10.2. The summed E-state index contributed by atoms with van der Waals surface area (Å²) in [6.07, 6.45) is 2.06. The molecule has 0 bridgehead atoms. The van der Waals surface area contributed by atoms with Crippen molar-refractivity contribution in [2.24, 2.45) is 0 Å². The third kappa shape index (κ3) is 1.76. The van der Waals surface area contributed by atoms with Crippen molar-refractivity contribution in [3.8, 4) is 5.69 Å². The third-order valence-corrected chi connectivity index (χ3v) is 2.64. The Bertz CT molecular complexity index is 508. The number of aromatic nitrogens is 2. The highest BCUT2D eigenvalue weighted by atomic mass is 35.5. The molecule has 1 heterocycles. The molecule has 15 heavy (non-hydrogen) atoms. The Morgan fingerprint density at radius 1 is 1.27 bits per heavy atom. The largest absolute Gasteiger partial charge is 0.298 e. The van der Waals surface area contributed by atoms with Crippen LogP contribution in [-0.4, -0.2) is 16.1 Å². The summed E-state index contributed by atoms with van der Waals surface area (Å²) < 4.78 is 1.42. The van der Waals surface area contributed by atoms with Gasteiger partial charge in [-0.05, 0) is 12.1 Å². The number of carbonyl (C=O) groups excluding carboxylic acids is 1. The fraction of sp³-hybridized carbons (Fsp3) is 0. The van der Waals surface area contributed by atoms with Crippen LogP contribution >= 0.6 is 23.2 Å². The molecule has 76 valence electrons. The van der Waals surface area contributed by atoms with E-state index >= 15 is 0 Å². The second-order valence-electron chi connectivity index (χ2n) is 2.87. The maximum atomic E-state index is 10.6. The normalized spacial score (nSPS) is 10.3. The van der Waals surface area contributed by atoms with Gasteiger partial charge < -0.3 is 0 Å². The molecule has 1 aromatic carbocycles. The number of nitrogens with zero attached hydrogens (tertiary/aromatic N) is 2. The maximum Gasteiger partial charge on any atom is 0.154 e. The fourth-order valence-electron chi connectivity index (χ4n) is 1.22. The quantitative estimate of drug-likeness (QED) is 0.757. The van der Waals surface area contributed by atoms with Gasteiger partial charge in [0, 0.05) is 0 Å². The van der Waals surface area contributed by atoms with Crippen LogP contribution < -0.4 is 0 Å². The van der Waals surface area contributed by atoms with Crippen molar-refractivity contribution in [3.63, 3.8) is 0 Å². The summed E-state index contributed by atoms with van der Waals surface area (Å²) in [6.45, 7) is 0. The molecule has 0 N–H and O–H groups in total. The predicted molar refractivity (Wildman–Crippen MR) is 59.0 cm³/mol. The summed E-state index contributed by atoms with van der Waals surface area (Å²) in [4.78, 5) is 10.6. The molecule has 3 nitrogen and oxygen atoms in total. The SMILES string of the molecule is O=Cc1cnn(-c2ccccc2Cl)c1Cl. The first-order valence-corrected chi connectivity index (χ1v) is 4.93. The number of rotatable bonds is 2. The average Bonchev–Trinajstić information content (AvgIpc) is 2.60. The number of aldehydes is 1. The Morgan fingerprint density at radius 3 is 2.60 bits per heavy atom. The zero-order chi connectivity index (χ0) is 10.8. The van der Waals surface area contributed by atoms with E-state index in [9.17, 15) is 4.79 Å². The Morgan fingerprint density at radius 2 is 2.00 bits per heavy atom. The summed E-state index contributed by atoms with van der Waals surface area (Å²) in [7, 11) is 0. The molecule has 0 radical (unpaired) electrons. The summed E-state index contributed by atoms with van der Waals surface area (Å²) in [6, 6.07) is 7.13. The zero-order valence-corrected chi connectivity index (χ0v) is 9.03. The third-order valence-electron chi connectivity index (χ3n) is 1.94. The van der Waals surface area contributed by atoms with Gasteiger partial charge >= 0.3 is 0 Å². The molecule has 0 saturated heterocycles. The van der Waals surface area contributed by atoms with Crippen molar-refractivity contribution in [1.29, 1.82) is 0 Å². The van der Waals surface area contributed by atoms with Crippen molar-refractivity contribution in [2.45, 2.75) is 0 Å². The van der Waals surface area contributed by atoms with E-state index in [1.807, 2.05) is 12.1 Å². The molecule has 0 saturated carbocycles. The van der Waals surface area contributed by atoms with E-state index in [1.165, 1.54) is 10.9 Å². The second kappa shape index (κ2) is 4.04. The van der Waals surface area contributed by atoms with Crippen LogP contribution in [0.15, 0.2) is 30.5 Å². The molecule has 2 rings (SSSR count). The number of hydrogen-bond acceptors (Lipinski definition) is 2. The van der Waals surface area contributed by atoms with Gasteiger partial charge in [-0.15, -0.1) is 0 Å². The minimum absolute atomic E-state index is 0.262. The van der Waals surface area contributed by atoms with Crippen LogP contribution in [0.2, 0.25) is 10.2 Å². The molecule has 1 aromatic heterocycles. The molecular weight excluding hydrogens is 235 g/mol. The predicted octanol–water partition coefficient (Wildman–Crippen LogP) is 2.99. The van der Waals surface area contributed by atoms with E-state index in [0.29, 0.717) is 22.6 Å². The lowest BCUT2D eigenvalue weighted by Gasteiger charge is -2.04. The standard InChI is InChI=1S/C10H6Cl2N2O/c11-8-3-1-2-4-9(8)14-10(12)7(6-15)5-13-14/h1-6H. The molecule has 0 fully saturated rings. The van der Waals surface area contributed by atoms with Crippen LogP contribution in [0.1, 0.15) is 10.4 Å². The minimum atomic E-state index is 0.262. The van der Waals surface area contributed by atoms with Gasteiger partial charge in [0.1, 0.15) is 5.15 Å². The van der Waals surface area contributed by atoms with Gasteiger partial charge in [0.25, 0.3) is 0 Å². The van der Waals surface area contributed by atoms with E-state index in [0.717, 1.165) is 0 Å². The van der Waals surface area contributed by atoms with Gasteiger partial charge in [-0.3, -0.25) is 4.79 Å². The van der Waals surface area contributed by atoms with Crippen LogP contribution in [0.3, 0.4) is 0 Å². The van der Waals surface area contributed by atoms with Crippen molar-refractivity contribution in [1.82, 2.24) is 9.78 Å². The molecule has 0 amide bonds. The minimum Gasteiger partial charge on any atom is -0.298 e. The molecule has 2 aromatic rings. The Labute approximate surface area is 96.2 Å². The van der Waals surface area contributed by atoms with Gasteiger partial charge in [-0.2, -0.15) is 5.10 Å². The number of benzene rings is 1. The lowest BCUT2D eigenvalue weighted by Crippen LogP contribution is -1.97. The van der Waals surface area contributed by atoms with Gasteiger partial charge in [-0.1, -0.05) is 35.3 Å². The molecule has 0 atom stereocenters. The van der Waals surface area contributed by atoms with Gasteiger partial charge in [0.05, 0.1) is 22.5 Å². The van der Waals surface area contributed by atoms with E-state index in [1.54, 1.807) is 12.1 Å². The van der Waals surface area contributed by atoms with Crippen molar-refractivity contribution < 1.29 is 4.79 Å². The van der Waals surface area contributed by atoms with Gasteiger partial charge in [0.15, 0.2) is 6.29 Å². The fourth-order valence-corrected chi connectivity index (χ4v) is 1.66. The summed E-state index contributed by atoms with van der Waals surface area (Å²) in [5, 5.41) is 4.78. The molecule has 0 aliphatic carbocycles. The molecule has 0 unspecified atom stereocenters. The molecule has 0 aliphatic rings. The molecule has 0 spiro atoms. The smallest absolute Gasteiger partial charge is 0.154 e. The van der Waals surface area contributed by atoms with Crippen LogP contribution in [-0.2, 0) is 0 Å². The number of halogens is 2. The highest BCUT2D eigenvalue weighted by molar-refractivity contribution is 6.34. The zero-order valence-electron chi connectivity index (χ0n) is 7.52. The maximum absolute atomic E-state index is 10.6. The summed E-state index contributed by atoms with van der Waals surface area (Å²) >= 11 is 11.9. The molecular formula is C10H6Cl2N2O. The summed E-state index contributed by atoms with van der Waals surface area (Å²) in [5.74, 6) is 0. The van der Waals surface area contributed by atoms with E-state index in [4.69, 9.17) is 23.2 Å². The highest BCUT2D eigenvalue weighted by Crippen LogP contribution is 2.24. The van der Waals surface area contributed by atoms with Crippen LogP contribution in [0.4, 0.5) is 0 Å². The van der Waals surface area contributed by atoms with Crippen molar-refractivity contribution in [2.75, 3.05) is 0 Å². The van der Waals surface area contributed by atoms with Crippen molar-refractivity contribution >= 4 is 29.5 Å². The summed E-state index contributed by atoms with van der Waals surface area (Å²) in [5.41, 5.74) is 0.994. The van der Waals surface area contributed by atoms with Crippen LogP contribution in [0, 0.1) is 0 Å². The average molecular weight is 241 g/mol.